The van der Waals surface area contributed by atoms with E-state index in [1.165, 1.54) is 27.6 Å². The molecule has 0 saturated carbocycles. The first-order valence-corrected chi connectivity index (χ1v) is 10.2. The number of para-hydroxylation sites is 1. The zero-order chi connectivity index (χ0) is 20.2. The lowest BCUT2D eigenvalue weighted by Gasteiger charge is -2.17. The second-order valence-electron chi connectivity index (χ2n) is 7.52. The molecular weight excluding hydrogens is 356 g/mol. The van der Waals surface area contributed by atoms with Gasteiger partial charge in [-0.1, -0.05) is 73.2 Å². The molecule has 1 aromatic heterocycles. The summed E-state index contributed by atoms with van der Waals surface area (Å²) < 4.78 is 0. The highest BCUT2D eigenvalue weighted by Gasteiger charge is 2.22. The lowest BCUT2D eigenvalue weighted by Crippen LogP contribution is -2.16. The predicted molar refractivity (Wildman–Crippen MR) is 120 cm³/mol. The van der Waals surface area contributed by atoms with Crippen LogP contribution < -0.4 is 5.32 Å². The molecule has 29 heavy (non-hydrogen) atoms. The van der Waals surface area contributed by atoms with E-state index in [1.54, 1.807) is 0 Å². The van der Waals surface area contributed by atoms with Crippen molar-refractivity contribution in [2.75, 3.05) is 5.32 Å². The molecule has 1 atom stereocenters. The third-order valence-corrected chi connectivity index (χ3v) is 5.52. The molecule has 4 aromatic rings. The Labute approximate surface area is 171 Å². The van der Waals surface area contributed by atoms with Crippen molar-refractivity contribution in [3.63, 3.8) is 0 Å². The lowest BCUT2D eigenvalue weighted by atomic mass is 9.87. The van der Waals surface area contributed by atoms with Gasteiger partial charge in [-0.15, -0.1) is 0 Å². The number of aromatic amines is 1. The normalized spacial score (nSPS) is 12.1. The van der Waals surface area contributed by atoms with Gasteiger partial charge in [0.15, 0.2) is 0 Å². The van der Waals surface area contributed by atoms with Gasteiger partial charge >= 0.3 is 0 Å². The summed E-state index contributed by atoms with van der Waals surface area (Å²) in [5, 5.41) is 4.25. The number of rotatable bonds is 6. The van der Waals surface area contributed by atoms with Crippen LogP contribution in [0.2, 0.25) is 0 Å². The van der Waals surface area contributed by atoms with E-state index < -0.39 is 0 Å². The number of aryl methyl sites for hydroxylation is 2. The monoisotopic (exact) mass is 382 g/mol. The molecule has 146 valence electrons. The Kier molecular flexibility index (Phi) is 5.48. The van der Waals surface area contributed by atoms with E-state index in [0.717, 1.165) is 17.7 Å². The Morgan fingerprint density at radius 3 is 2.45 bits per heavy atom. The molecule has 3 aromatic carbocycles. The average Bonchev–Trinajstić information content (AvgIpc) is 3.18. The summed E-state index contributed by atoms with van der Waals surface area (Å²) in [6.07, 6.45) is 3.43. The first-order valence-electron chi connectivity index (χ1n) is 10.2. The van der Waals surface area contributed by atoms with Crippen molar-refractivity contribution in [2.24, 2.45) is 0 Å². The standard InChI is InChI=1S/C26H26N2O/c1-3-19-10-7-11-22-24(17-27-26(19)22)23(20-8-5-4-6-9-20)16-25(29)28-21-14-12-18(2)13-15-21/h4-15,17,23,27H,3,16H2,1-2H3,(H,28,29). The Hall–Kier alpha value is -3.33. The number of aromatic nitrogens is 1. The molecule has 1 heterocycles. The highest BCUT2D eigenvalue weighted by Crippen LogP contribution is 2.34. The zero-order valence-electron chi connectivity index (χ0n) is 16.9. The van der Waals surface area contributed by atoms with Gasteiger partial charge in [0.25, 0.3) is 0 Å². The van der Waals surface area contributed by atoms with Gasteiger partial charge in [0.05, 0.1) is 0 Å². The zero-order valence-corrected chi connectivity index (χ0v) is 16.9. The topological polar surface area (TPSA) is 44.9 Å². The van der Waals surface area contributed by atoms with Crippen LogP contribution in [0.5, 0.6) is 0 Å². The van der Waals surface area contributed by atoms with E-state index in [0.29, 0.717) is 6.42 Å². The van der Waals surface area contributed by atoms with Gasteiger partial charge in [-0.25, -0.2) is 0 Å². The van der Waals surface area contributed by atoms with Crippen molar-refractivity contribution in [2.45, 2.75) is 32.6 Å². The van der Waals surface area contributed by atoms with Gasteiger partial charge < -0.3 is 10.3 Å². The highest BCUT2D eigenvalue weighted by atomic mass is 16.1. The summed E-state index contributed by atoms with van der Waals surface area (Å²) in [4.78, 5) is 16.4. The van der Waals surface area contributed by atoms with Crippen LogP contribution in [0.4, 0.5) is 5.69 Å². The number of hydrogen-bond acceptors (Lipinski definition) is 1. The molecule has 3 heteroatoms. The van der Waals surface area contributed by atoms with Gasteiger partial charge in [-0.05, 0) is 42.2 Å². The third kappa shape index (κ3) is 4.09. The maximum Gasteiger partial charge on any atom is 0.225 e. The molecule has 0 aliphatic heterocycles. The quantitative estimate of drug-likeness (QED) is 0.410. The SMILES string of the molecule is CCc1cccc2c(C(CC(=O)Nc3ccc(C)cc3)c3ccccc3)c[nH]c12. The minimum absolute atomic E-state index is 0.0116. The summed E-state index contributed by atoms with van der Waals surface area (Å²) in [7, 11) is 0. The number of anilines is 1. The van der Waals surface area contributed by atoms with Gasteiger partial charge in [0.2, 0.25) is 5.91 Å². The molecule has 0 bridgehead atoms. The van der Waals surface area contributed by atoms with E-state index >= 15 is 0 Å². The summed E-state index contributed by atoms with van der Waals surface area (Å²) in [5.41, 5.74) is 6.79. The summed E-state index contributed by atoms with van der Waals surface area (Å²) in [5.74, 6) is 0.00575. The van der Waals surface area contributed by atoms with Crippen LogP contribution in [-0.2, 0) is 11.2 Å². The predicted octanol–water partition coefficient (Wildman–Crippen LogP) is 6.20. The number of amides is 1. The number of hydrogen-bond donors (Lipinski definition) is 2. The molecule has 0 spiro atoms. The van der Waals surface area contributed by atoms with Crippen molar-refractivity contribution in [1.82, 2.24) is 4.98 Å². The fourth-order valence-corrected chi connectivity index (χ4v) is 3.95. The molecule has 0 saturated heterocycles. The first-order chi connectivity index (χ1) is 14.2. The minimum Gasteiger partial charge on any atom is -0.361 e. The average molecular weight is 383 g/mol. The van der Waals surface area contributed by atoms with E-state index in [4.69, 9.17) is 0 Å². The van der Waals surface area contributed by atoms with Crippen molar-refractivity contribution in [3.05, 3.63) is 101 Å². The maximum absolute atomic E-state index is 12.9. The molecule has 0 radical (unpaired) electrons. The number of carbonyl (C=O) groups is 1. The Morgan fingerprint density at radius 2 is 1.72 bits per heavy atom. The Morgan fingerprint density at radius 1 is 0.966 bits per heavy atom. The van der Waals surface area contributed by atoms with Crippen LogP contribution >= 0.6 is 0 Å². The molecule has 0 aliphatic carbocycles. The maximum atomic E-state index is 12.9. The Bertz CT molecular complexity index is 1110. The molecule has 1 amide bonds. The van der Waals surface area contributed by atoms with Gasteiger partial charge in [-0.3, -0.25) is 4.79 Å². The fraction of sp³-hybridized carbons (Fsp3) is 0.192. The second kappa shape index (κ2) is 8.36. The highest BCUT2D eigenvalue weighted by molar-refractivity contribution is 5.93. The van der Waals surface area contributed by atoms with Crippen molar-refractivity contribution in [3.8, 4) is 0 Å². The molecule has 4 rings (SSSR count). The van der Waals surface area contributed by atoms with Gasteiger partial charge in [-0.2, -0.15) is 0 Å². The molecule has 0 aliphatic rings. The lowest BCUT2D eigenvalue weighted by molar-refractivity contribution is -0.116. The summed E-state index contributed by atoms with van der Waals surface area (Å²) in [6.45, 7) is 4.21. The molecular formula is C26H26N2O. The van der Waals surface area contributed by atoms with E-state index in [2.05, 4.69) is 53.8 Å². The van der Waals surface area contributed by atoms with Gasteiger partial charge in [0.1, 0.15) is 0 Å². The van der Waals surface area contributed by atoms with Crippen LogP contribution in [0.3, 0.4) is 0 Å². The molecule has 2 N–H and O–H groups in total. The van der Waals surface area contributed by atoms with Crippen LogP contribution in [0.1, 0.15) is 41.5 Å². The number of nitrogens with one attached hydrogen (secondary N) is 2. The minimum atomic E-state index is -0.0116. The summed E-state index contributed by atoms with van der Waals surface area (Å²) >= 11 is 0. The van der Waals surface area contributed by atoms with Crippen molar-refractivity contribution in [1.29, 1.82) is 0 Å². The van der Waals surface area contributed by atoms with Crippen molar-refractivity contribution < 1.29 is 4.79 Å². The van der Waals surface area contributed by atoms with Crippen LogP contribution in [-0.4, -0.2) is 10.9 Å². The van der Waals surface area contributed by atoms with Crippen LogP contribution in [0.15, 0.2) is 79.0 Å². The largest absolute Gasteiger partial charge is 0.361 e. The molecule has 3 nitrogen and oxygen atoms in total. The first kappa shape index (κ1) is 19.0. The van der Waals surface area contributed by atoms with Crippen LogP contribution in [0, 0.1) is 6.92 Å². The second-order valence-corrected chi connectivity index (χ2v) is 7.52. The van der Waals surface area contributed by atoms with Crippen molar-refractivity contribution >= 4 is 22.5 Å². The van der Waals surface area contributed by atoms with E-state index in [-0.39, 0.29) is 11.8 Å². The Balaban J connectivity index is 1.68. The number of carbonyl (C=O) groups excluding carboxylic acids is 1. The number of H-pyrrole nitrogens is 1. The van der Waals surface area contributed by atoms with Gasteiger partial charge in [0, 0.05) is 35.1 Å². The van der Waals surface area contributed by atoms with Crippen LogP contribution in [0.25, 0.3) is 10.9 Å². The molecule has 0 fully saturated rings. The fourth-order valence-electron chi connectivity index (χ4n) is 3.95. The molecule has 1 unspecified atom stereocenters. The number of benzene rings is 3. The third-order valence-electron chi connectivity index (χ3n) is 5.52. The smallest absolute Gasteiger partial charge is 0.225 e. The number of fused-ring (bicyclic) bond motifs is 1. The summed E-state index contributed by atoms with van der Waals surface area (Å²) in [6, 6.07) is 24.6. The van der Waals surface area contributed by atoms with E-state index in [1.807, 2.05) is 49.4 Å². The van der Waals surface area contributed by atoms with E-state index in [9.17, 15) is 4.79 Å².